The van der Waals surface area contributed by atoms with Gasteiger partial charge in [-0.05, 0) is 0 Å². The number of carbonyl (C=O) groups is 1. The molecule has 4 N–H and O–H groups in total. The van der Waals surface area contributed by atoms with Crippen molar-refractivity contribution >= 4 is 5.91 Å². The summed E-state index contributed by atoms with van der Waals surface area (Å²) in [6.45, 7) is 0. The van der Waals surface area contributed by atoms with Crippen molar-refractivity contribution < 1.29 is 31.1 Å². The lowest BCUT2D eigenvalue weighted by Gasteiger charge is -2.30. The molecule has 0 spiro atoms. The van der Waals surface area contributed by atoms with Gasteiger partial charge in [0, 0.05) is 0 Å². The van der Waals surface area contributed by atoms with Crippen LogP contribution in [-0.2, 0) is 4.79 Å². The number of nitrogens with two attached hydrogens (primary N) is 2. The average Bonchev–Trinajstić information content (AvgIpc) is 1.80. The van der Waals surface area contributed by atoms with Crippen LogP contribution in [0.1, 0.15) is 0 Å². The van der Waals surface area contributed by atoms with E-state index in [4.69, 9.17) is 0 Å². The van der Waals surface area contributed by atoms with Crippen molar-refractivity contribution in [3.8, 4) is 0 Å². The van der Waals surface area contributed by atoms with Crippen molar-refractivity contribution in [2.45, 2.75) is 17.9 Å². The molecule has 1 amide bonds. The summed E-state index contributed by atoms with van der Waals surface area (Å²) in [6, 6.07) is 0. The zero-order valence-corrected chi connectivity index (χ0v) is 5.83. The van der Waals surface area contributed by atoms with Gasteiger partial charge in [-0.1, -0.05) is 0 Å². The largest absolute Gasteiger partial charge is 0.424 e. The van der Waals surface area contributed by atoms with Gasteiger partial charge in [-0.15, -0.1) is 0 Å². The summed E-state index contributed by atoms with van der Waals surface area (Å²) in [5.41, 5.74) is 2.82. The van der Waals surface area contributed by atoms with E-state index in [1.54, 1.807) is 0 Å². The van der Waals surface area contributed by atoms with Gasteiger partial charge < -0.3 is 11.5 Å². The third-order valence-corrected chi connectivity index (χ3v) is 1.28. The summed E-state index contributed by atoms with van der Waals surface area (Å²) >= 11 is 0. The van der Waals surface area contributed by atoms with Crippen LogP contribution in [-0.4, -0.2) is 23.8 Å². The minimum Gasteiger partial charge on any atom is -0.367 e. The lowest BCUT2D eigenvalue weighted by Crippen LogP contribution is -2.70. The molecule has 0 saturated heterocycles. The van der Waals surface area contributed by atoms with Crippen molar-refractivity contribution in [3.05, 3.63) is 0 Å². The van der Waals surface area contributed by atoms with Gasteiger partial charge in [-0.3, -0.25) is 4.79 Å². The number of alkyl halides is 6. The third-order valence-electron chi connectivity index (χ3n) is 1.28. The second-order valence-corrected chi connectivity index (χ2v) is 2.17. The van der Waals surface area contributed by atoms with Crippen LogP contribution >= 0.6 is 0 Å². The molecule has 0 aliphatic carbocycles. The normalized spacial score (nSPS) is 14.4. The molecule has 0 aliphatic heterocycles. The zero-order valence-electron chi connectivity index (χ0n) is 5.83. The summed E-state index contributed by atoms with van der Waals surface area (Å²) < 4.78 is 70.2. The molecule has 0 unspecified atom stereocenters. The van der Waals surface area contributed by atoms with Gasteiger partial charge in [0.15, 0.2) is 0 Å². The molecule has 0 radical (unpaired) electrons. The van der Waals surface area contributed by atoms with Gasteiger partial charge in [0.25, 0.3) is 11.4 Å². The van der Waals surface area contributed by atoms with E-state index in [1.807, 2.05) is 0 Å². The standard InChI is InChI=1S/C4H4F6N2O/c5-3(6,7)2(12,1(11)13)4(8,9)10/h12H2,(H2,11,13). The van der Waals surface area contributed by atoms with Crippen LogP contribution in [0.3, 0.4) is 0 Å². The molecule has 0 aromatic heterocycles. The first-order chi connectivity index (χ1) is 5.44. The maximum absolute atomic E-state index is 11.7. The Balaban J connectivity index is 5.35. The van der Waals surface area contributed by atoms with E-state index in [-0.39, 0.29) is 0 Å². The van der Waals surface area contributed by atoms with E-state index in [9.17, 15) is 31.1 Å². The van der Waals surface area contributed by atoms with Gasteiger partial charge in [-0.25, -0.2) is 0 Å². The van der Waals surface area contributed by atoms with Gasteiger partial charge in [0.1, 0.15) is 0 Å². The van der Waals surface area contributed by atoms with Gasteiger partial charge in [0.2, 0.25) is 0 Å². The molecule has 3 nitrogen and oxygen atoms in total. The highest BCUT2D eigenvalue weighted by Gasteiger charge is 2.72. The Morgan fingerprint density at radius 1 is 0.923 bits per heavy atom. The number of primary amides is 1. The Labute approximate surface area is 67.7 Å². The summed E-state index contributed by atoms with van der Waals surface area (Å²) in [4.78, 5) is 9.97. The Kier molecular flexibility index (Phi) is 2.55. The smallest absolute Gasteiger partial charge is 0.367 e. The minimum atomic E-state index is -5.96. The van der Waals surface area contributed by atoms with Crippen molar-refractivity contribution in [1.29, 1.82) is 0 Å². The molecule has 0 rings (SSSR count). The predicted molar refractivity (Wildman–Crippen MR) is 28.2 cm³/mol. The third kappa shape index (κ3) is 1.69. The maximum Gasteiger partial charge on any atom is 0.424 e. The van der Waals surface area contributed by atoms with E-state index >= 15 is 0 Å². The van der Waals surface area contributed by atoms with Crippen molar-refractivity contribution in [3.63, 3.8) is 0 Å². The molecule has 13 heavy (non-hydrogen) atoms. The van der Waals surface area contributed by atoms with Crippen LogP contribution in [0, 0.1) is 0 Å². The minimum absolute atomic E-state index is 2.69. The van der Waals surface area contributed by atoms with Crippen molar-refractivity contribution in [2.24, 2.45) is 11.5 Å². The average molecular weight is 210 g/mol. The molecule has 0 fully saturated rings. The number of rotatable bonds is 1. The first-order valence-electron chi connectivity index (χ1n) is 2.67. The quantitative estimate of drug-likeness (QED) is 0.611. The van der Waals surface area contributed by atoms with E-state index < -0.39 is 23.8 Å². The Morgan fingerprint density at radius 2 is 1.15 bits per heavy atom. The molecular weight excluding hydrogens is 206 g/mol. The highest BCUT2D eigenvalue weighted by Crippen LogP contribution is 2.40. The van der Waals surface area contributed by atoms with Crippen molar-refractivity contribution in [2.75, 3.05) is 0 Å². The molecule has 0 atom stereocenters. The molecule has 78 valence electrons. The molecule has 0 aromatic carbocycles. The Hall–Kier alpha value is -0.990. The Morgan fingerprint density at radius 3 is 1.15 bits per heavy atom. The number of halogens is 6. The van der Waals surface area contributed by atoms with E-state index in [0.29, 0.717) is 0 Å². The molecule has 0 saturated carbocycles. The summed E-state index contributed by atoms with van der Waals surface area (Å²) in [7, 11) is 0. The molecule has 0 heterocycles. The number of hydrogen-bond acceptors (Lipinski definition) is 2. The first-order valence-corrected chi connectivity index (χ1v) is 2.67. The summed E-state index contributed by atoms with van der Waals surface area (Å²) in [5.74, 6) is -2.69. The summed E-state index contributed by atoms with van der Waals surface area (Å²) in [6.07, 6.45) is -11.9. The maximum atomic E-state index is 11.7. The monoisotopic (exact) mass is 210 g/mol. The molecule has 0 aliphatic rings. The second-order valence-electron chi connectivity index (χ2n) is 2.17. The number of hydrogen-bond donors (Lipinski definition) is 2. The fourth-order valence-corrected chi connectivity index (χ4v) is 0.440. The fourth-order valence-electron chi connectivity index (χ4n) is 0.440. The van der Waals surface area contributed by atoms with Crippen LogP contribution in [0.4, 0.5) is 26.3 Å². The van der Waals surface area contributed by atoms with E-state index in [0.717, 1.165) is 0 Å². The SMILES string of the molecule is NC(=O)C(N)(C(F)(F)F)C(F)(F)F. The lowest BCUT2D eigenvalue weighted by atomic mass is 9.99. The molecule has 0 bridgehead atoms. The van der Waals surface area contributed by atoms with Crippen LogP contribution in [0.5, 0.6) is 0 Å². The molecule has 9 heteroatoms. The van der Waals surface area contributed by atoms with Crippen LogP contribution in [0.2, 0.25) is 0 Å². The van der Waals surface area contributed by atoms with E-state index in [1.165, 1.54) is 0 Å². The fraction of sp³-hybridized carbons (Fsp3) is 0.750. The molecular formula is C4H4F6N2O. The predicted octanol–water partition coefficient (Wildman–Crippen LogP) is 0.294. The van der Waals surface area contributed by atoms with Crippen molar-refractivity contribution in [1.82, 2.24) is 0 Å². The number of amides is 1. The van der Waals surface area contributed by atoms with Gasteiger partial charge in [-0.2, -0.15) is 26.3 Å². The highest BCUT2D eigenvalue weighted by molar-refractivity contribution is 5.86. The van der Waals surface area contributed by atoms with Gasteiger partial charge in [0.05, 0.1) is 0 Å². The first kappa shape index (κ1) is 12.0. The lowest BCUT2D eigenvalue weighted by molar-refractivity contribution is -0.284. The topological polar surface area (TPSA) is 69.1 Å². The van der Waals surface area contributed by atoms with Crippen LogP contribution in [0.15, 0.2) is 0 Å². The number of carbonyl (C=O) groups excluding carboxylic acids is 1. The van der Waals surface area contributed by atoms with E-state index in [2.05, 4.69) is 11.5 Å². The second kappa shape index (κ2) is 2.76. The zero-order chi connectivity index (χ0) is 11.1. The molecule has 0 aromatic rings. The Bertz CT molecular complexity index is 204. The van der Waals surface area contributed by atoms with Crippen LogP contribution < -0.4 is 11.5 Å². The highest BCUT2D eigenvalue weighted by atomic mass is 19.4. The summed E-state index contributed by atoms with van der Waals surface area (Å²) in [5, 5.41) is 0. The van der Waals surface area contributed by atoms with Crippen LogP contribution in [0.25, 0.3) is 0 Å². The van der Waals surface area contributed by atoms with Gasteiger partial charge >= 0.3 is 12.4 Å².